The Morgan fingerprint density at radius 3 is 3.00 bits per heavy atom. The first-order valence-electron chi connectivity index (χ1n) is 6.65. The first kappa shape index (κ1) is 13.1. The highest BCUT2D eigenvalue weighted by Gasteiger charge is 2.28. The Hall–Kier alpha value is -1.92. The van der Waals surface area contributed by atoms with Crippen LogP contribution in [0.3, 0.4) is 0 Å². The van der Waals surface area contributed by atoms with Gasteiger partial charge in [-0.3, -0.25) is 0 Å². The van der Waals surface area contributed by atoms with E-state index in [4.69, 9.17) is 15.0 Å². The summed E-state index contributed by atoms with van der Waals surface area (Å²) in [5.74, 6) is 1.75. The molecule has 1 aliphatic heterocycles. The lowest BCUT2D eigenvalue weighted by molar-refractivity contribution is 0.146. The molecule has 3 rings (SSSR count). The zero-order valence-electron chi connectivity index (χ0n) is 11.2. The minimum atomic E-state index is -0.731. The van der Waals surface area contributed by atoms with Crippen LogP contribution in [0.1, 0.15) is 42.6 Å². The van der Waals surface area contributed by atoms with Crippen molar-refractivity contribution in [1.29, 1.82) is 0 Å². The van der Waals surface area contributed by atoms with Gasteiger partial charge >= 0.3 is 0 Å². The molecule has 0 fully saturated rings. The molecule has 1 aromatic heterocycles. The molecule has 0 saturated carbocycles. The van der Waals surface area contributed by atoms with Crippen LogP contribution >= 0.6 is 0 Å². The molecule has 0 spiro atoms. The van der Waals surface area contributed by atoms with Gasteiger partial charge in [0.2, 0.25) is 5.89 Å². The molecule has 0 amide bonds. The van der Waals surface area contributed by atoms with E-state index in [1.807, 2.05) is 24.3 Å². The maximum absolute atomic E-state index is 9.48. The second-order valence-corrected chi connectivity index (χ2v) is 4.98. The summed E-state index contributed by atoms with van der Waals surface area (Å²) < 4.78 is 10.8. The minimum absolute atomic E-state index is 0.0404. The largest absolute Gasteiger partial charge is 0.493 e. The van der Waals surface area contributed by atoms with Gasteiger partial charge in [-0.05, 0) is 19.4 Å². The van der Waals surface area contributed by atoms with Crippen LogP contribution in [0.25, 0.3) is 0 Å². The van der Waals surface area contributed by atoms with Crippen LogP contribution in [0.2, 0.25) is 0 Å². The van der Waals surface area contributed by atoms with Gasteiger partial charge in [-0.1, -0.05) is 23.4 Å². The zero-order valence-corrected chi connectivity index (χ0v) is 11.2. The number of para-hydroxylation sites is 1. The van der Waals surface area contributed by atoms with Crippen LogP contribution in [0.4, 0.5) is 0 Å². The van der Waals surface area contributed by atoms with E-state index >= 15 is 0 Å². The van der Waals surface area contributed by atoms with E-state index in [1.54, 1.807) is 6.92 Å². The van der Waals surface area contributed by atoms with E-state index in [9.17, 15) is 5.11 Å². The van der Waals surface area contributed by atoms with Crippen molar-refractivity contribution in [3.8, 4) is 5.75 Å². The van der Waals surface area contributed by atoms with Gasteiger partial charge in [0.05, 0.1) is 18.6 Å². The van der Waals surface area contributed by atoms with Crippen molar-refractivity contribution in [3.63, 3.8) is 0 Å². The van der Waals surface area contributed by atoms with Gasteiger partial charge in [0.25, 0.3) is 0 Å². The van der Waals surface area contributed by atoms with Gasteiger partial charge in [0.15, 0.2) is 5.82 Å². The number of hydrogen-bond donors (Lipinski definition) is 2. The van der Waals surface area contributed by atoms with Crippen LogP contribution in [0, 0.1) is 0 Å². The number of fused-ring (bicyclic) bond motifs is 1. The van der Waals surface area contributed by atoms with Gasteiger partial charge in [0, 0.05) is 5.56 Å². The number of benzene rings is 1. The van der Waals surface area contributed by atoms with E-state index < -0.39 is 12.1 Å². The summed E-state index contributed by atoms with van der Waals surface area (Å²) in [6.45, 7) is 2.21. The fourth-order valence-corrected chi connectivity index (χ4v) is 2.34. The molecule has 20 heavy (non-hydrogen) atoms. The number of nitrogens with zero attached hydrogens (tertiary/aromatic N) is 2. The molecular weight excluding hydrogens is 258 g/mol. The summed E-state index contributed by atoms with van der Waals surface area (Å²) in [6.07, 6.45) is 0.0603. The molecule has 3 N–H and O–H groups in total. The molecule has 1 aromatic carbocycles. The molecule has 0 radical (unpaired) electrons. The van der Waals surface area contributed by atoms with Gasteiger partial charge < -0.3 is 20.1 Å². The first-order chi connectivity index (χ1) is 9.66. The molecule has 0 bridgehead atoms. The monoisotopic (exact) mass is 275 g/mol. The van der Waals surface area contributed by atoms with E-state index in [0.717, 1.165) is 17.7 Å². The van der Waals surface area contributed by atoms with Crippen LogP contribution < -0.4 is 10.5 Å². The maximum Gasteiger partial charge on any atom is 0.246 e. The van der Waals surface area contributed by atoms with Crippen molar-refractivity contribution in [2.75, 3.05) is 6.61 Å². The van der Waals surface area contributed by atoms with Crippen molar-refractivity contribution in [1.82, 2.24) is 10.1 Å². The molecule has 2 aromatic rings. The lowest BCUT2D eigenvalue weighted by atomic mass is 9.92. The molecule has 6 nitrogen and oxygen atoms in total. The SMILES string of the molecule is C[C@@H](O)[C@H](N)c1nc(C2CCOc3ccccc32)no1. The topological polar surface area (TPSA) is 94.4 Å². The normalized spacial score (nSPS) is 20.9. The molecule has 0 aliphatic carbocycles. The Labute approximate surface area is 116 Å². The lowest BCUT2D eigenvalue weighted by Crippen LogP contribution is -2.23. The van der Waals surface area contributed by atoms with Crippen LogP contribution in [0.15, 0.2) is 28.8 Å². The first-order valence-corrected chi connectivity index (χ1v) is 6.65. The Bertz CT molecular complexity index is 597. The fraction of sp³-hybridized carbons (Fsp3) is 0.429. The Kier molecular flexibility index (Phi) is 3.42. The summed E-state index contributed by atoms with van der Waals surface area (Å²) in [4.78, 5) is 4.34. The zero-order chi connectivity index (χ0) is 14.1. The molecule has 2 heterocycles. The molecule has 1 unspecified atom stereocenters. The highest BCUT2D eigenvalue weighted by molar-refractivity contribution is 5.40. The predicted octanol–water partition coefficient (Wildman–Crippen LogP) is 1.36. The summed E-state index contributed by atoms with van der Waals surface area (Å²) in [5, 5.41) is 13.5. The minimum Gasteiger partial charge on any atom is -0.493 e. The second-order valence-electron chi connectivity index (χ2n) is 4.98. The third-order valence-corrected chi connectivity index (χ3v) is 3.53. The van der Waals surface area contributed by atoms with Gasteiger partial charge in [-0.25, -0.2) is 0 Å². The van der Waals surface area contributed by atoms with Gasteiger partial charge in [-0.15, -0.1) is 0 Å². The average Bonchev–Trinajstić information content (AvgIpc) is 2.95. The average molecular weight is 275 g/mol. The standard InChI is InChI=1S/C14H17N3O3/c1-8(18)12(15)14-16-13(17-20-14)10-6-7-19-11-5-3-2-4-9(10)11/h2-5,8,10,12,18H,6-7,15H2,1H3/t8-,10?,12+/m1/s1. The number of rotatable bonds is 3. The highest BCUT2D eigenvalue weighted by atomic mass is 16.5. The smallest absolute Gasteiger partial charge is 0.246 e. The second kappa shape index (κ2) is 5.22. The Balaban J connectivity index is 1.91. The van der Waals surface area contributed by atoms with Crippen LogP contribution in [-0.2, 0) is 0 Å². The van der Waals surface area contributed by atoms with Gasteiger partial charge in [0.1, 0.15) is 11.8 Å². The summed E-state index contributed by atoms with van der Waals surface area (Å²) in [7, 11) is 0. The molecule has 6 heteroatoms. The lowest BCUT2D eigenvalue weighted by Gasteiger charge is -2.23. The van der Waals surface area contributed by atoms with E-state index in [1.165, 1.54) is 0 Å². The fourth-order valence-electron chi connectivity index (χ4n) is 2.34. The number of aliphatic hydroxyl groups excluding tert-OH is 1. The molecular formula is C14H17N3O3. The summed E-state index contributed by atoms with van der Waals surface area (Å²) in [5.41, 5.74) is 6.86. The number of hydrogen-bond acceptors (Lipinski definition) is 6. The summed E-state index contributed by atoms with van der Waals surface area (Å²) in [6, 6.07) is 7.18. The predicted molar refractivity (Wildman–Crippen MR) is 71.3 cm³/mol. The number of nitrogens with two attached hydrogens (primary N) is 1. The van der Waals surface area contributed by atoms with Crippen molar-refractivity contribution < 1.29 is 14.4 Å². The van der Waals surface area contributed by atoms with E-state index in [2.05, 4.69) is 10.1 Å². The highest BCUT2D eigenvalue weighted by Crippen LogP contribution is 2.36. The van der Waals surface area contributed by atoms with E-state index in [0.29, 0.717) is 12.4 Å². The molecule has 3 atom stereocenters. The molecule has 0 saturated heterocycles. The van der Waals surface area contributed by atoms with E-state index in [-0.39, 0.29) is 11.8 Å². The van der Waals surface area contributed by atoms with Crippen LogP contribution in [0.5, 0.6) is 5.75 Å². The van der Waals surface area contributed by atoms with Crippen molar-refractivity contribution in [2.24, 2.45) is 5.73 Å². The quantitative estimate of drug-likeness (QED) is 0.878. The van der Waals surface area contributed by atoms with Crippen LogP contribution in [-0.4, -0.2) is 28.0 Å². The van der Waals surface area contributed by atoms with Crippen molar-refractivity contribution >= 4 is 0 Å². The molecule has 1 aliphatic rings. The Morgan fingerprint density at radius 2 is 2.20 bits per heavy atom. The third-order valence-electron chi connectivity index (χ3n) is 3.53. The maximum atomic E-state index is 9.48. The van der Waals surface area contributed by atoms with Crippen molar-refractivity contribution in [2.45, 2.75) is 31.4 Å². The molecule has 106 valence electrons. The third kappa shape index (κ3) is 2.28. The van der Waals surface area contributed by atoms with Gasteiger partial charge in [-0.2, -0.15) is 4.98 Å². The number of aromatic nitrogens is 2. The summed E-state index contributed by atoms with van der Waals surface area (Å²) >= 11 is 0. The number of aliphatic hydroxyl groups is 1. The Morgan fingerprint density at radius 1 is 1.40 bits per heavy atom. The van der Waals surface area contributed by atoms with Crippen molar-refractivity contribution in [3.05, 3.63) is 41.5 Å². The number of ether oxygens (including phenoxy) is 1.